The molecule has 0 spiro atoms. The van der Waals surface area contributed by atoms with Gasteiger partial charge in [0.1, 0.15) is 13.2 Å². The lowest BCUT2D eigenvalue weighted by atomic mass is 10.1. The molecule has 0 saturated heterocycles. The lowest BCUT2D eigenvalue weighted by Crippen LogP contribution is -2.30. The predicted molar refractivity (Wildman–Crippen MR) is 297 cm³/mol. The Kier molecular flexibility index (Phi) is 52.1. The lowest BCUT2D eigenvalue weighted by Gasteiger charge is -2.18. The lowest BCUT2D eigenvalue weighted by molar-refractivity contribution is -0.166. The SMILES string of the molecule is CC/C=C\C/C=C\C/C=C\C/C=C\C/C=C\C/C=C\CCC(=O)OC[C@@H](COC(=O)CCCC/C=C\C/C=C\C/C=C\CCCCC)OC(=O)CCCCCC/C=C\C/C=C\C/C=C\CCCCC. The summed E-state index contributed by atoms with van der Waals surface area (Å²) >= 11 is 0. The minimum absolute atomic E-state index is 0.136. The third-order valence-corrected chi connectivity index (χ3v) is 10.8. The van der Waals surface area contributed by atoms with Crippen LogP contribution in [0.3, 0.4) is 0 Å². The Labute approximate surface area is 423 Å². The van der Waals surface area contributed by atoms with Crippen LogP contribution in [0.4, 0.5) is 0 Å². The summed E-state index contributed by atoms with van der Waals surface area (Å²) in [6.07, 6.45) is 79.8. The second kappa shape index (κ2) is 55.9. The molecule has 0 radical (unpaired) electrons. The van der Waals surface area contributed by atoms with Gasteiger partial charge in [-0.05, 0) is 135 Å². The van der Waals surface area contributed by atoms with Crippen molar-refractivity contribution in [2.45, 2.75) is 219 Å². The van der Waals surface area contributed by atoms with Crippen LogP contribution < -0.4 is 0 Å². The summed E-state index contributed by atoms with van der Waals surface area (Å²) in [6.45, 7) is 6.33. The monoisotopic (exact) mass is 951 g/mol. The molecule has 0 fully saturated rings. The molecule has 6 heteroatoms. The molecule has 69 heavy (non-hydrogen) atoms. The summed E-state index contributed by atoms with van der Waals surface area (Å²) < 4.78 is 16.7. The van der Waals surface area contributed by atoms with Crippen molar-refractivity contribution >= 4 is 17.9 Å². The van der Waals surface area contributed by atoms with Crippen molar-refractivity contribution in [3.8, 4) is 0 Å². The quantitative estimate of drug-likeness (QED) is 0.0262. The van der Waals surface area contributed by atoms with Gasteiger partial charge < -0.3 is 14.2 Å². The van der Waals surface area contributed by atoms with E-state index in [1.54, 1.807) is 0 Å². The second-order valence-electron chi connectivity index (χ2n) is 17.4. The number of carbonyl (C=O) groups excluding carboxylic acids is 3. The van der Waals surface area contributed by atoms with Gasteiger partial charge in [0.2, 0.25) is 0 Å². The Bertz CT molecular complexity index is 1560. The van der Waals surface area contributed by atoms with E-state index in [9.17, 15) is 14.4 Å². The summed E-state index contributed by atoms with van der Waals surface area (Å²) in [4.78, 5) is 38.1. The molecular formula is C63H98O6. The van der Waals surface area contributed by atoms with Gasteiger partial charge in [0.25, 0.3) is 0 Å². The van der Waals surface area contributed by atoms with Crippen molar-refractivity contribution in [1.82, 2.24) is 0 Å². The van der Waals surface area contributed by atoms with Crippen LogP contribution in [0.5, 0.6) is 0 Å². The molecule has 0 rings (SSSR count). The van der Waals surface area contributed by atoms with E-state index in [-0.39, 0.29) is 50.4 Å². The minimum Gasteiger partial charge on any atom is -0.462 e. The molecule has 0 aliphatic carbocycles. The number of hydrogen-bond acceptors (Lipinski definition) is 6. The maximum absolute atomic E-state index is 12.8. The van der Waals surface area contributed by atoms with E-state index < -0.39 is 6.10 Å². The predicted octanol–water partition coefficient (Wildman–Crippen LogP) is 18.4. The molecule has 0 bridgehead atoms. The van der Waals surface area contributed by atoms with Crippen LogP contribution in [0.15, 0.2) is 146 Å². The zero-order chi connectivity index (χ0) is 50.0. The van der Waals surface area contributed by atoms with Gasteiger partial charge >= 0.3 is 17.9 Å². The van der Waals surface area contributed by atoms with Crippen molar-refractivity contribution in [2.75, 3.05) is 13.2 Å². The number of unbranched alkanes of at least 4 members (excludes halogenated alkanes) is 12. The van der Waals surface area contributed by atoms with Crippen molar-refractivity contribution < 1.29 is 28.6 Å². The number of esters is 3. The number of allylic oxidation sites excluding steroid dienone is 24. The highest BCUT2D eigenvalue weighted by atomic mass is 16.6. The van der Waals surface area contributed by atoms with Crippen molar-refractivity contribution in [3.63, 3.8) is 0 Å². The summed E-state index contributed by atoms with van der Waals surface area (Å²) in [5.41, 5.74) is 0. The van der Waals surface area contributed by atoms with Gasteiger partial charge in [-0.15, -0.1) is 0 Å². The highest BCUT2D eigenvalue weighted by Crippen LogP contribution is 2.11. The van der Waals surface area contributed by atoms with E-state index in [1.807, 2.05) is 12.2 Å². The summed E-state index contributed by atoms with van der Waals surface area (Å²) in [5, 5.41) is 0. The minimum atomic E-state index is -0.843. The van der Waals surface area contributed by atoms with E-state index in [2.05, 4.69) is 154 Å². The van der Waals surface area contributed by atoms with Crippen LogP contribution in [0.2, 0.25) is 0 Å². The van der Waals surface area contributed by atoms with Crippen LogP contribution in [0.1, 0.15) is 213 Å². The fourth-order valence-electron chi connectivity index (χ4n) is 6.71. The zero-order valence-electron chi connectivity index (χ0n) is 44.0. The number of hydrogen-bond donors (Lipinski definition) is 0. The molecule has 0 saturated carbocycles. The Morgan fingerprint density at radius 1 is 0.304 bits per heavy atom. The van der Waals surface area contributed by atoms with Crippen LogP contribution in [0, 0.1) is 0 Å². The molecule has 0 amide bonds. The molecule has 0 aliphatic rings. The molecule has 0 heterocycles. The van der Waals surface area contributed by atoms with Gasteiger partial charge in [0.05, 0.1) is 0 Å². The maximum atomic E-state index is 12.8. The third kappa shape index (κ3) is 54.1. The molecule has 0 aliphatic heterocycles. The van der Waals surface area contributed by atoms with Crippen molar-refractivity contribution in [2.24, 2.45) is 0 Å². The van der Waals surface area contributed by atoms with Gasteiger partial charge in [-0.3, -0.25) is 14.4 Å². The summed E-state index contributed by atoms with van der Waals surface area (Å²) in [7, 11) is 0. The van der Waals surface area contributed by atoms with Crippen LogP contribution in [0.25, 0.3) is 0 Å². The molecular weight excluding hydrogens is 853 g/mol. The van der Waals surface area contributed by atoms with E-state index in [0.29, 0.717) is 12.8 Å². The molecule has 0 aromatic rings. The Morgan fingerprint density at radius 3 is 0.986 bits per heavy atom. The van der Waals surface area contributed by atoms with Crippen LogP contribution in [-0.4, -0.2) is 37.2 Å². The fraction of sp³-hybridized carbons (Fsp3) is 0.571. The van der Waals surface area contributed by atoms with Gasteiger partial charge in [0, 0.05) is 19.3 Å². The van der Waals surface area contributed by atoms with Crippen molar-refractivity contribution in [3.05, 3.63) is 146 Å². The molecule has 1 atom stereocenters. The Morgan fingerprint density at radius 2 is 0.594 bits per heavy atom. The molecule has 0 aromatic carbocycles. The molecule has 0 N–H and O–H groups in total. The van der Waals surface area contributed by atoms with Gasteiger partial charge in [-0.2, -0.15) is 0 Å². The zero-order valence-corrected chi connectivity index (χ0v) is 44.0. The smallest absolute Gasteiger partial charge is 0.306 e. The van der Waals surface area contributed by atoms with E-state index in [1.165, 1.54) is 51.4 Å². The first-order valence-electron chi connectivity index (χ1n) is 27.3. The number of ether oxygens (including phenoxy) is 3. The topological polar surface area (TPSA) is 78.9 Å². The maximum Gasteiger partial charge on any atom is 0.306 e. The van der Waals surface area contributed by atoms with E-state index >= 15 is 0 Å². The average molecular weight is 951 g/mol. The highest BCUT2D eigenvalue weighted by Gasteiger charge is 2.19. The molecule has 386 valence electrons. The number of carbonyl (C=O) groups is 3. The molecule has 0 aromatic heterocycles. The normalized spacial score (nSPS) is 13.3. The van der Waals surface area contributed by atoms with Crippen molar-refractivity contribution in [1.29, 1.82) is 0 Å². The Hall–Kier alpha value is -4.71. The largest absolute Gasteiger partial charge is 0.462 e. The van der Waals surface area contributed by atoms with E-state index in [0.717, 1.165) is 109 Å². The van der Waals surface area contributed by atoms with Crippen LogP contribution in [-0.2, 0) is 28.6 Å². The first-order chi connectivity index (χ1) is 34.0. The molecule has 6 nitrogen and oxygen atoms in total. The summed E-state index contributed by atoms with van der Waals surface area (Å²) in [5.74, 6) is -1.09. The standard InChI is InChI=1S/C63H98O6/c1-4-7-10-13-16-19-22-25-28-30-31-33-35-38-41-44-47-50-53-56-62(65)68-59-60(58-67-61(64)55-52-49-46-43-40-37-34-27-24-21-18-15-12-9-6-3)69-63(66)57-54-51-48-45-42-39-36-32-29-26-23-20-17-14-11-8-5-2/h7,10,16-21,25-29,31,33-34,36,38-41,43,47,50,60H,4-6,8-9,11-15,22-24,30,32,35,37,42,44-46,48-49,51-59H2,1-3H3/b10-7-,19-16-,20-17-,21-18-,28-25-,29-26-,33-31-,34-27-,39-36-,41-38-,43-40-,50-47-/t60-/m1/s1. The highest BCUT2D eigenvalue weighted by molar-refractivity contribution is 5.71. The van der Waals surface area contributed by atoms with E-state index in [4.69, 9.17) is 14.2 Å². The van der Waals surface area contributed by atoms with Gasteiger partial charge in [0.15, 0.2) is 6.10 Å². The third-order valence-electron chi connectivity index (χ3n) is 10.8. The number of rotatable bonds is 47. The van der Waals surface area contributed by atoms with Gasteiger partial charge in [-0.1, -0.05) is 205 Å². The first kappa shape index (κ1) is 64.3. The van der Waals surface area contributed by atoms with Crippen LogP contribution >= 0.6 is 0 Å². The Balaban J connectivity index is 4.63. The molecule has 0 unspecified atom stereocenters. The fourth-order valence-corrected chi connectivity index (χ4v) is 6.71. The average Bonchev–Trinajstić information content (AvgIpc) is 3.35. The van der Waals surface area contributed by atoms with Gasteiger partial charge in [-0.25, -0.2) is 0 Å². The first-order valence-corrected chi connectivity index (χ1v) is 27.3. The second-order valence-corrected chi connectivity index (χ2v) is 17.4. The summed E-state index contributed by atoms with van der Waals surface area (Å²) in [6, 6.07) is 0.